The van der Waals surface area contributed by atoms with Crippen LogP contribution < -0.4 is 32.8 Å². The van der Waals surface area contributed by atoms with Crippen LogP contribution in [0.2, 0.25) is 0 Å². The first kappa shape index (κ1) is 33.3. The lowest BCUT2D eigenvalue weighted by Crippen LogP contribution is -2.63. The summed E-state index contributed by atoms with van der Waals surface area (Å²) >= 11 is 7.41. The lowest BCUT2D eigenvalue weighted by atomic mass is 9.34. The molecule has 0 amide bonds. The van der Waals surface area contributed by atoms with Gasteiger partial charge < -0.3 is 9.13 Å². The molecule has 0 saturated carbocycles. The number of fused-ring (bicyclic) bond motifs is 10. The van der Waals surface area contributed by atoms with Crippen molar-refractivity contribution in [3.8, 4) is 34.2 Å². The quantitative estimate of drug-likeness (QED) is 0.236. The number of imidazole rings is 2. The van der Waals surface area contributed by atoms with Gasteiger partial charge in [0.05, 0.1) is 21.4 Å². The van der Waals surface area contributed by atoms with Crippen molar-refractivity contribution in [3.63, 3.8) is 0 Å². The molecule has 9 aromatic rings. The fourth-order valence-electron chi connectivity index (χ4n) is 8.89. The van der Waals surface area contributed by atoms with Gasteiger partial charge in [-0.2, -0.15) is 10.2 Å². The molecule has 0 aliphatic carbocycles. The van der Waals surface area contributed by atoms with Crippen LogP contribution >= 0.6 is 47.0 Å². The summed E-state index contributed by atoms with van der Waals surface area (Å²) in [5, 5.41) is 11.3. The zero-order valence-corrected chi connectivity index (χ0v) is 34.1. The topological polar surface area (TPSA) is 97.1 Å². The van der Waals surface area contributed by atoms with E-state index in [-0.39, 0.29) is 13.4 Å². The second kappa shape index (κ2) is 12.4. The Bertz CT molecular complexity index is 2970. The van der Waals surface area contributed by atoms with Gasteiger partial charge in [0.25, 0.3) is 0 Å². The summed E-state index contributed by atoms with van der Waals surface area (Å²) in [5.74, 6) is 1.80. The zero-order chi connectivity index (χ0) is 38.2. The molecule has 10 heterocycles. The van der Waals surface area contributed by atoms with Gasteiger partial charge in [0, 0.05) is 117 Å². The number of hydrogen-bond donors (Lipinski definition) is 0. The van der Waals surface area contributed by atoms with E-state index in [1.807, 2.05) is 121 Å². The molecular formula is C42H26B2N10S4. The second-order valence-corrected chi connectivity index (χ2v) is 18.8. The van der Waals surface area contributed by atoms with Crippen LogP contribution in [-0.4, -0.2) is 62.1 Å². The van der Waals surface area contributed by atoms with E-state index in [0.717, 1.165) is 44.2 Å². The van der Waals surface area contributed by atoms with Crippen molar-refractivity contribution in [1.29, 1.82) is 0 Å². The Balaban J connectivity index is 1.08. The molecule has 0 radical (unpaired) electrons. The van der Waals surface area contributed by atoms with Crippen LogP contribution in [0.3, 0.4) is 0 Å². The maximum Gasteiger partial charge on any atom is 0.249 e. The highest BCUT2D eigenvalue weighted by Gasteiger charge is 2.48. The van der Waals surface area contributed by atoms with E-state index in [1.54, 1.807) is 23.5 Å². The number of benzene rings is 3. The summed E-state index contributed by atoms with van der Waals surface area (Å²) in [6.45, 7) is -0.101. The molecule has 4 aliphatic rings. The maximum atomic E-state index is 5.24. The molecule has 13 rings (SSSR count). The summed E-state index contributed by atoms with van der Waals surface area (Å²) in [6.07, 6.45) is 19.3. The number of aromatic nitrogens is 10. The third-order valence-electron chi connectivity index (χ3n) is 11.5. The highest BCUT2D eigenvalue weighted by molar-refractivity contribution is 8.05. The number of rotatable bonds is 4. The van der Waals surface area contributed by atoms with Gasteiger partial charge in [-0.3, -0.25) is 0 Å². The highest BCUT2D eigenvalue weighted by Crippen LogP contribution is 2.50. The van der Waals surface area contributed by atoms with Gasteiger partial charge >= 0.3 is 0 Å². The lowest BCUT2D eigenvalue weighted by Gasteiger charge is -2.40. The normalized spacial score (nSPS) is 14.0. The summed E-state index contributed by atoms with van der Waals surface area (Å²) in [6, 6.07) is 22.2. The third-order valence-corrected chi connectivity index (χ3v) is 16.5. The molecule has 0 spiro atoms. The van der Waals surface area contributed by atoms with E-state index in [2.05, 4.69) is 67.9 Å². The van der Waals surface area contributed by atoms with Crippen LogP contribution in [0, 0.1) is 0 Å². The maximum absolute atomic E-state index is 5.24. The minimum absolute atomic E-state index is 0.0503. The zero-order valence-electron chi connectivity index (χ0n) is 30.8. The Labute approximate surface area is 350 Å². The van der Waals surface area contributed by atoms with Crippen LogP contribution in [-0.2, 0) is 14.1 Å². The number of hydrogen-bond acceptors (Lipinski definition) is 10. The molecule has 6 aromatic heterocycles. The van der Waals surface area contributed by atoms with Gasteiger partial charge in [-0.1, -0.05) is 70.1 Å². The first-order valence-electron chi connectivity index (χ1n) is 18.7. The first-order valence-corrected chi connectivity index (χ1v) is 22.0. The molecule has 0 fully saturated rings. The fraction of sp³-hybridized carbons (Fsp3) is 0.0476. The van der Waals surface area contributed by atoms with Crippen LogP contribution in [0.5, 0.6) is 0 Å². The fourth-order valence-corrected chi connectivity index (χ4v) is 14.1. The average molecular weight is 821 g/mol. The molecule has 0 saturated heterocycles. The van der Waals surface area contributed by atoms with Crippen molar-refractivity contribution >= 4 is 93.2 Å². The van der Waals surface area contributed by atoms with Gasteiger partial charge in [0.1, 0.15) is 11.6 Å². The summed E-state index contributed by atoms with van der Waals surface area (Å²) < 4.78 is 8.02. The number of nitrogens with zero attached hydrogens (tertiary/aromatic N) is 10. The molecule has 58 heavy (non-hydrogen) atoms. The highest BCUT2D eigenvalue weighted by atomic mass is 32.2. The standard InChI is InChI=1S/C42H26B2N10S4/c1-51-15-11-45-39(51)23-17-29-41(47-21-23)57-37-33-35(55-31-7-5-25(19-27(31)43(29)33)53-13-3-9-49-53)36-34-38(37)58-42-30(18-24(22-48-42)40-46-12-16-52(40)2)44(34)28-20-26(6-8-32(28)56-36)54-14-4-10-50-54/h3-22H,1-2H3. The van der Waals surface area contributed by atoms with Crippen LogP contribution in [0.4, 0.5) is 0 Å². The third kappa shape index (κ3) is 4.76. The molecule has 16 heteroatoms. The molecule has 3 aromatic carbocycles. The van der Waals surface area contributed by atoms with E-state index in [4.69, 9.17) is 19.9 Å². The van der Waals surface area contributed by atoms with Gasteiger partial charge in [0.2, 0.25) is 13.4 Å². The van der Waals surface area contributed by atoms with Crippen molar-refractivity contribution in [2.24, 2.45) is 14.1 Å². The minimum Gasteiger partial charge on any atom is -0.334 e. The van der Waals surface area contributed by atoms with Gasteiger partial charge in [0.15, 0.2) is 0 Å². The smallest absolute Gasteiger partial charge is 0.249 e. The SMILES string of the molecule is Cn1ccnc1-c1cnc2c(c1)B1c3cc(-n4cccn4)ccc3Sc3c4c5c(c(c31)S2)Sc1ncc(-c2nccn2C)cc1B5c1cc(-n2cccn2)ccc1S4. The minimum atomic E-state index is -0.0503. The van der Waals surface area contributed by atoms with E-state index in [0.29, 0.717) is 0 Å². The first-order chi connectivity index (χ1) is 28.6. The van der Waals surface area contributed by atoms with Crippen molar-refractivity contribution in [1.82, 2.24) is 48.6 Å². The molecular weight excluding hydrogens is 794 g/mol. The van der Waals surface area contributed by atoms with Crippen molar-refractivity contribution < 1.29 is 0 Å². The van der Waals surface area contributed by atoms with Crippen molar-refractivity contribution in [3.05, 3.63) is 123 Å². The van der Waals surface area contributed by atoms with Gasteiger partial charge in [-0.15, -0.1) is 0 Å². The Morgan fingerprint density at radius 2 is 0.948 bits per heavy atom. The second-order valence-electron chi connectivity index (χ2n) is 14.7. The summed E-state index contributed by atoms with van der Waals surface area (Å²) in [7, 11) is 4.07. The Hall–Kier alpha value is -5.67. The van der Waals surface area contributed by atoms with Gasteiger partial charge in [-0.25, -0.2) is 29.3 Å². The van der Waals surface area contributed by atoms with E-state index < -0.39 is 0 Å². The molecule has 10 nitrogen and oxygen atoms in total. The molecule has 274 valence electrons. The Kier molecular flexibility index (Phi) is 7.13. The average Bonchev–Trinajstić information content (AvgIpc) is 4.11. The predicted molar refractivity (Wildman–Crippen MR) is 232 cm³/mol. The summed E-state index contributed by atoms with van der Waals surface area (Å²) in [4.78, 5) is 27.6. The van der Waals surface area contributed by atoms with Crippen molar-refractivity contribution in [2.45, 2.75) is 39.4 Å². The Morgan fingerprint density at radius 1 is 0.483 bits per heavy atom. The molecule has 0 unspecified atom stereocenters. The van der Waals surface area contributed by atoms with E-state index >= 15 is 0 Å². The molecule has 0 N–H and O–H groups in total. The molecule has 0 atom stereocenters. The number of aryl methyl sites for hydroxylation is 2. The van der Waals surface area contributed by atoms with E-state index in [9.17, 15) is 0 Å². The predicted octanol–water partition coefficient (Wildman–Crippen LogP) is 4.54. The van der Waals surface area contributed by atoms with E-state index in [1.165, 1.54) is 62.1 Å². The van der Waals surface area contributed by atoms with Crippen LogP contribution in [0.1, 0.15) is 0 Å². The molecule has 4 aliphatic heterocycles. The summed E-state index contributed by atoms with van der Waals surface area (Å²) in [5.41, 5.74) is 11.7. The lowest BCUT2D eigenvalue weighted by molar-refractivity contribution is 0.880. The molecule has 0 bridgehead atoms. The van der Waals surface area contributed by atoms with Crippen LogP contribution in [0.25, 0.3) is 34.2 Å². The monoisotopic (exact) mass is 820 g/mol. The largest absolute Gasteiger partial charge is 0.334 e. The van der Waals surface area contributed by atoms with Crippen LogP contribution in [0.15, 0.2) is 162 Å². The van der Waals surface area contributed by atoms with Gasteiger partial charge in [-0.05, 0) is 70.4 Å². The Morgan fingerprint density at radius 3 is 1.36 bits per heavy atom. The van der Waals surface area contributed by atoms with Crippen molar-refractivity contribution in [2.75, 3.05) is 0 Å². The number of pyridine rings is 2.